The van der Waals surface area contributed by atoms with Gasteiger partial charge in [-0.2, -0.15) is 0 Å². The highest BCUT2D eigenvalue weighted by Crippen LogP contribution is 2.37. The van der Waals surface area contributed by atoms with E-state index in [1.807, 2.05) is 6.08 Å². The SMILES string of the molecule is CCOC(=O)OC1=CCNC12CCCCC2. The third-order valence-corrected chi connectivity index (χ3v) is 3.36. The molecular weight excluding hydrogens is 206 g/mol. The van der Waals surface area contributed by atoms with Gasteiger partial charge in [0.2, 0.25) is 0 Å². The quantitative estimate of drug-likeness (QED) is 0.733. The van der Waals surface area contributed by atoms with Crippen LogP contribution in [0.2, 0.25) is 0 Å². The summed E-state index contributed by atoms with van der Waals surface area (Å²) in [5.41, 5.74) is -0.0923. The second-order valence-corrected chi connectivity index (χ2v) is 4.38. The molecule has 0 aromatic carbocycles. The number of hydrogen-bond donors (Lipinski definition) is 1. The highest BCUT2D eigenvalue weighted by Gasteiger charge is 2.40. The van der Waals surface area contributed by atoms with Crippen LogP contribution in [-0.4, -0.2) is 24.8 Å². The second kappa shape index (κ2) is 4.87. The lowest BCUT2D eigenvalue weighted by Crippen LogP contribution is -2.45. The normalized spacial score (nSPS) is 22.9. The molecule has 1 heterocycles. The molecule has 1 spiro atoms. The number of ether oxygens (including phenoxy) is 2. The van der Waals surface area contributed by atoms with E-state index in [4.69, 9.17) is 9.47 Å². The fraction of sp³-hybridized carbons (Fsp3) is 0.750. The Morgan fingerprint density at radius 2 is 2.19 bits per heavy atom. The average Bonchev–Trinajstić information content (AvgIpc) is 2.63. The van der Waals surface area contributed by atoms with Crippen molar-refractivity contribution in [1.29, 1.82) is 0 Å². The van der Waals surface area contributed by atoms with Crippen LogP contribution in [0.3, 0.4) is 0 Å². The van der Waals surface area contributed by atoms with Crippen LogP contribution in [-0.2, 0) is 9.47 Å². The highest BCUT2D eigenvalue weighted by atomic mass is 16.7. The van der Waals surface area contributed by atoms with E-state index in [-0.39, 0.29) is 5.54 Å². The van der Waals surface area contributed by atoms with E-state index >= 15 is 0 Å². The molecule has 0 unspecified atom stereocenters. The Labute approximate surface area is 96.0 Å². The third-order valence-electron chi connectivity index (χ3n) is 3.36. The van der Waals surface area contributed by atoms with Gasteiger partial charge in [-0.15, -0.1) is 0 Å². The van der Waals surface area contributed by atoms with E-state index in [1.54, 1.807) is 6.92 Å². The Hall–Kier alpha value is -1.03. The summed E-state index contributed by atoms with van der Waals surface area (Å²) in [7, 11) is 0. The van der Waals surface area contributed by atoms with Gasteiger partial charge in [0, 0.05) is 6.54 Å². The number of rotatable bonds is 2. The molecule has 0 radical (unpaired) electrons. The molecule has 1 fully saturated rings. The molecule has 0 saturated heterocycles. The summed E-state index contributed by atoms with van der Waals surface area (Å²) < 4.78 is 10.1. The molecule has 16 heavy (non-hydrogen) atoms. The van der Waals surface area contributed by atoms with Crippen LogP contribution < -0.4 is 5.32 Å². The summed E-state index contributed by atoms with van der Waals surface area (Å²) in [5, 5.41) is 3.44. The van der Waals surface area contributed by atoms with E-state index in [2.05, 4.69) is 5.32 Å². The molecule has 2 rings (SSSR count). The van der Waals surface area contributed by atoms with Gasteiger partial charge in [0.1, 0.15) is 5.76 Å². The average molecular weight is 225 g/mol. The molecule has 0 aromatic rings. The minimum Gasteiger partial charge on any atom is -0.434 e. The zero-order chi connectivity index (χ0) is 11.4. The van der Waals surface area contributed by atoms with Gasteiger partial charge in [-0.3, -0.25) is 0 Å². The Bertz CT molecular complexity index is 293. The summed E-state index contributed by atoms with van der Waals surface area (Å²) in [6.07, 6.45) is 7.14. The van der Waals surface area contributed by atoms with E-state index in [1.165, 1.54) is 19.3 Å². The summed E-state index contributed by atoms with van der Waals surface area (Å²) in [6.45, 7) is 2.92. The van der Waals surface area contributed by atoms with Crippen molar-refractivity contribution in [3.05, 3.63) is 11.8 Å². The van der Waals surface area contributed by atoms with Crippen LogP contribution in [0.25, 0.3) is 0 Å². The molecule has 0 bridgehead atoms. The topological polar surface area (TPSA) is 47.6 Å². The van der Waals surface area contributed by atoms with Crippen molar-refractivity contribution in [2.75, 3.05) is 13.2 Å². The van der Waals surface area contributed by atoms with Crippen molar-refractivity contribution in [3.63, 3.8) is 0 Å². The lowest BCUT2D eigenvalue weighted by Gasteiger charge is -2.35. The summed E-state index contributed by atoms with van der Waals surface area (Å²) >= 11 is 0. The van der Waals surface area contributed by atoms with Crippen molar-refractivity contribution in [2.24, 2.45) is 0 Å². The van der Waals surface area contributed by atoms with Gasteiger partial charge in [-0.1, -0.05) is 19.3 Å². The Balaban J connectivity index is 1.99. The van der Waals surface area contributed by atoms with E-state index in [9.17, 15) is 4.79 Å². The largest absolute Gasteiger partial charge is 0.513 e. The fourth-order valence-corrected chi connectivity index (χ4v) is 2.58. The molecule has 0 amide bonds. The smallest absolute Gasteiger partial charge is 0.434 e. The molecule has 1 saturated carbocycles. The first-order valence-corrected chi connectivity index (χ1v) is 6.07. The van der Waals surface area contributed by atoms with Crippen molar-refractivity contribution in [3.8, 4) is 0 Å². The van der Waals surface area contributed by atoms with Gasteiger partial charge in [0.15, 0.2) is 0 Å². The van der Waals surface area contributed by atoms with E-state index < -0.39 is 6.16 Å². The molecule has 90 valence electrons. The Morgan fingerprint density at radius 3 is 2.88 bits per heavy atom. The number of hydrogen-bond acceptors (Lipinski definition) is 4. The maximum absolute atomic E-state index is 11.3. The first-order valence-electron chi connectivity index (χ1n) is 6.07. The zero-order valence-corrected chi connectivity index (χ0v) is 9.75. The van der Waals surface area contributed by atoms with Crippen molar-refractivity contribution in [1.82, 2.24) is 5.32 Å². The lowest BCUT2D eigenvalue weighted by molar-refractivity contribution is 0.0662. The summed E-state index contributed by atoms with van der Waals surface area (Å²) in [5.74, 6) is 0.769. The maximum Gasteiger partial charge on any atom is 0.513 e. The number of nitrogens with one attached hydrogen (secondary N) is 1. The predicted molar refractivity (Wildman–Crippen MR) is 60.0 cm³/mol. The Morgan fingerprint density at radius 1 is 1.44 bits per heavy atom. The molecule has 0 aromatic heterocycles. The maximum atomic E-state index is 11.3. The van der Waals surface area contributed by atoms with Gasteiger partial charge in [-0.05, 0) is 25.8 Å². The summed E-state index contributed by atoms with van der Waals surface area (Å²) in [4.78, 5) is 11.3. The van der Waals surface area contributed by atoms with Crippen molar-refractivity contribution >= 4 is 6.16 Å². The Kier molecular flexibility index (Phi) is 3.49. The third kappa shape index (κ3) is 2.21. The van der Waals surface area contributed by atoms with Gasteiger partial charge >= 0.3 is 6.16 Å². The molecular formula is C12H19NO3. The van der Waals surface area contributed by atoms with Crippen LogP contribution >= 0.6 is 0 Å². The minimum absolute atomic E-state index is 0.0923. The molecule has 0 atom stereocenters. The standard InChI is InChI=1S/C12H19NO3/c1-2-15-11(14)16-10-6-9-13-12(10)7-4-3-5-8-12/h6,13H,2-5,7-9H2,1H3. The monoisotopic (exact) mass is 225 g/mol. The first-order chi connectivity index (χ1) is 7.77. The molecule has 4 heteroatoms. The van der Waals surface area contributed by atoms with E-state index in [0.29, 0.717) is 6.61 Å². The minimum atomic E-state index is -0.581. The van der Waals surface area contributed by atoms with Crippen LogP contribution in [0.15, 0.2) is 11.8 Å². The molecule has 2 aliphatic rings. The van der Waals surface area contributed by atoms with Crippen molar-refractivity contribution in [2.45, 2.75) is 44.6 Å². The molecule has 1 N–H and O–H groups in total. The molecule has 1 aliphatic heterocycles. The highest BCUT2D eigenvalue weighted by molar-refractivity contribution is 5.62. The van der Waals surface area contributed by atoms with Crippen LogP contribution in [0, 0.1) is 0 Å². The lowest BCUT2D eigenvalue weighted by atomic mass is 9.81. The predicted octanol–water partition coefficient (Wildman–Crippen LogP) is 2.35. The zero-order valence-electron chi connectivity index (χ0n) is 9.75. The van der Waals surface area contributed by atoms with Crippen LogP contribution in [0.4, 0.5) is 4.79 Å². The van der Waals surface area contributed by atoms with Gasteiger partial charge in [-0.25, -0.2) is 4.79 Å². The first kappa shape index (κ1) is 11.5. The van der Waals surface area contributed by atoms with Gasteiger partial charge < -0.3 is 14.8 Å². The number of carbonyl (C=O) groups is 1. The van der Waals surface area contributed by atoms with E-state index in [0.717, 1.165) is 25.1 Å². The number of carbonyl (C=O) groups excluding carboxylic acids is 1. The van der Waals surface area contributed by atoms with Gasteiger partial charge in [0.05, 0.1) is 12.1 Å². The van der Waals surface area contributed by atoms with Crippen molar-refractivity contribution < 1.29 is 14.3 Å². The van der Waals surface area contributed by atoms with Crippen LogP contribution in [0.5, 0.6) is 0 Å². The molecule has 4 nitrogen and oxygen atoms in total. The fourth-order valence-electron chi connectivity index (χ4n) is 2.58. The second-order valence-electron chi connectivity index (χ2n) is 4.38. The molecule has 1 aliphatic carbocycles. The van der Waals surface area contributed by atoms with Crippen LogP contribution in [0.1, 0.15) is 39.0 Å². The summed E-state index contributed by atoms with van der Waals surface area (Å²) in [6, 6.07) is 0. The van der Waals surface area contributed by atoms with Gasteiger partial charge in [0.25, 0.3) is 0 Å².